The first-order valence-corrected chi connectivity index (χ1v) is 22.5. The van der Waals surface area contributed by atoms with E-state index < -0.39 is 7.05 Å². The zero-order chi connectivity index (χ0) is 42.0. The monoisotopic (exact) mass is 850 g/mol. The highest BCUT2D eigenvalue weighted by Crippen LogP contribution is 2.46. The molecule has 2 aliphatic heterocycles. The van der Waals surface area contributed by atoms with Crippen LogP contribution < -0.4 is 5.32 Å². The van der Waals surface area contributed by atoms with Crippen molar-refractivity contribution < 1.29 is 5.02 Å². The molecule has 2 aromatic carbocycles. The van der Waals surface area contributed by atoms with Crippen molar-refractivity contribution >= 4 is 53.6 Å². The minimum Gasteiger partial charge on any atom is -0.437 e. The number of aromatic nitrogens is 6. The van der Waals surface area contributed by atoms with Crippen LogP contribution in [0.2, 0.25) is 16.9 Å². The van der Waals surface area contributed by atoms with Gasteiger partial charge in [-0.2, -0.15) is 0 Å². The Labute approximate surface area is 369 Å². The summed E-state index contributed by atoms with van der Waals surface area (Å²) in [5.74, 6) is 3.53. The summed E-state index contributed by atoms with van der Waals surface area (Å²) >= 11 is 13.0. The molecule has 312 valence electrons. The molecule has 12 heteroatoms. The number of aryl methyl sites for hydroxylation is 2. The summed E-state index contributed by atoms with van der Waals surface area (Å²) in [7, 11) is -0.395. The number of nitrogens with one attached hydrogen (secondary N) is 1. The second-order valence-electron chi connectivity index (χ2n) is 17.0. The maximum absolute atomic E-state index is 10.0. The van der Waals surface area contributed by atoms with Crippen molar-refractivity contribution in [1.29, 1.82) is 0 Å². The van der Waals surface area contributed by atoms with E-state index in [0.29, 0.717) is 17.8 Å². The number of benzene rings is 2. The van der Waals surface area contributed by atoms with Crippen molar-refractivity contribution in [3.8, 4) is 0 Å². The molecule has 0 amide bonds. The number of hydrogen-bond donors (Lipinski definition) is 2. The third kappa shape index (κ3) is 8.79. The van der Waals surface area contributed by atoms with E-state index in [1.165, 1.54) is 63.1 Å². The minimum atomic E-state index is -0.395. The van der Waals surface area contributed by atoms with Gasteiger partial charge < -0.3 is 24.3 Å². The van der Waals surface area contributed by atoms with Gasteiger partial charge in [-0.1, -0.05) is 47.5 Å². The van der Waals surface area contributed by atoms with Gasteiger partial charge in [-0.25, -0.2) is 9.97 Å². The lowest BCUT2D eigenvalue weighted by Gasteiger charge is -2.37. The fourth-order valence-corrected chi connectivity index (χ4v) is 10.5. The van der Waals surface area contributed by atoms with Gasteiger partial charge in [-0.3, -0.25) is 9.97 Å². The quantitative estimate of drug-likeness (QED) is 0.155. The molecule has 9 nitrogen and oxygen atoms in total. The van der Waals surface area contributed by atoms with E-state index in [0.717, 1.165) is 79.5 Å². The maximum Gasteiger partial charge on any atom is 0.376 e. The molecule has 61 heavy (non-hydrogen) atoms. The molecule has 2 aliphatic carbocycles. The maximum atomic E-state index is 10.0. The van der Waals surface area contributed by atoms with E-state index in [-0.39, 0.29) is 5.92 Å². The molecule has 0 spiro atoms. The number of halogens is 2. The Kier molecular flexibility index (Phi) is 12.4. The topological polar surface area (TPSA) is 96.9 Å². The Morgan fingerprint density at radius 2 is 1.13 bits per heavy atom. The lowest BCUT2D eigenvalue weighted by atomic mass is 9.73. The average molecular weight is 852 g/mol. The van der Waals surface area contributed by atoms with Crippen LogP contribution in [0.25, 0.3) is 23.3 Å². The van der Waals surface area contributed by atoms with Gasteiger partial charge in [0.1, 0.15) is 11.6 Å². The van der Waals surface area contributed by atoms with Crippen molar-refractivity contribution in [1.82, 2.24) is 39.2 Å². The fraction of sp³-hybridized carbons (Fsp3) is 0.347. The number of hydrogen-bond acceptors (Lipinski definition) is 7. The number of fused-ring (bicyclic) bond motifs is 4. The molecule has 10 rings (SSSR count). The van der Waals surface area contributed by atoms with E-state index in [4.69, 9.17) is 33.2 Å². The van der Waals surface area contributed by atoms with Gasteiger partial charge in [-0.05, 0) is 177 Å². The van der Waals surface area contributed by atoms with Crippen LogP contribution in [0.4, 0.5) is 0 Å². The number of rotatable bonds is 7. The first-order chi connectivity index (χ1) is 29.7. The van der Waals surface area contributed by atoms with Crippen LogP contribution in [0, 0.1) is 25.7 Å². The van der Waals surface area contributed by atoms with E-state index >= 15 is 0 Å². The summed E-state index contributed by atoms with van der Waals surface area (Å²) < 4.78 is 4.37. The van der Waals surface area contributed by atoms with Crippen LogP contribution in [0.3, 0.4) is 0 Å². The first-order valence-electron chi connectivity index (χ1n) is 21.7. The molecule has 0 bridgehead atoms. The number of allylic oxidation sites excluding steroid dienone is 2. The largest absolute Gasteiger partial charge is 0.437 e. The molecule has 0 saturated carbocycles. The summed E-state index contributed by atoms with van der Waals surface area (Å²) in [6.07, 6.45) is 20.6. The summed E-state index contributed by atoms with van der Waals surface area (Å²) in [5.41, 5.74) is 12.3. The van der Waals surface area contributed by atoms with Crippen molar-refractivity contribution in [3.05, 3.63) is 164 Å². The molecule has 2 saturated heterocycles. The van der Waals surface area contributed by atoms with Crippen LogP contribution >= 0.6 is 23.2 Å². The molecule has 6 heterocycles. The highest BCUT2D eigenvalue weighted by Gasteiger charge is 2.36. The third-order valence-corrected chi connectivity index (χ3v) is 13.8. The number of piperidine rings is 2. The molecular weight excluding hydrogens is 798 g/mol. The van der Waals surface area contributed by atoms with Gasteiger partial charge in [0.15, 0.2) is 0 Å². The molecule has 2 atom stereocenters. The molecule has 2 unspecified atom stereocenters. The molecule has 0 radical (unpaired) electrons. The van der Waals surface area contributed by atoms with E-state index in [2.05, 4.69) is 77.8 Å². The Balaban J connectivity index is 0.000000157. The van der Waals surface area contributed by atoms with Crippen molar-refractivity contribution in [2.45, 2.75) is 71.3 Å². The van der Waals surface area contributed by atoms with Gasteiger partial charge in [-0.15, -0.1) is 0 Å². The summed E-state index contributed by atoms with van der Waals surface area (Å²) in [6, 6.07) is 21.1. The molecule has 4 aromatic heterocycles. The molecule has 2 N–H and O–H groups in total. The second kappa shape index (κ2) is 18.3. The van der Waals surface area contributed by atoms with E-state index in [1.807, 2.05) is 82.1 Å². The predicted octanol–water partition coefficient (Wildman–Crippen LogP) is 9.67. The average Bonchev–Trinajstić information content (AvgIpc) is 3.81. The fourth-order valence-electron chi connectivity index (χ4n) is 10.1. The van der Waals surface area contributed by atoms with Crippen LogP contribution in [-0.2, 0) is 13.1 Å². The van der Waals surface area contributed by atoms with Crippen molar-refractivity contribution in [2.75, 3.05) is 26.2 Å². The summed E-state index contributed by atoms with van der Waals surface area (Å²) in [6.45, 7) is 11.4. The van der Waals surface area contributed by atoms with Crippen molar-refractivity contribution in [3.63, 3.8) is 0 Å². The van der Waals surface area contributed by atoms with Gasteiger partial charge in [0.2, 0.25) is 0 Å². The number of pyridine rings is 2. The zero-order valence-electron chi connectivity index (χ0n) is 35.2. The predicted molar refractivity (Wildman–Crippen MR) is 248 cm³/mol. The SMILES string of the molecule is CB(O)N1CCC(C2c3ccc(Cl)cc3C(Cn3ccnc3C)=Cc3cccnc32)CC1.Cc1nccn1CC1=Cc2cccnc2C(C2CCNCC2)c2ccc(Cl)cc21. The molecule has 6 aromatic rings. The van der Waals surface area contributed by atoms with Crippen LogP contribution in [0.1, 0.15) is 93.9 Å². The van der Waals surface area contributed by atoms with Gasteiger partial charge >= 0.3 is 7.05 Å². The van der Waals surface area contributed by atoms with E-state index in [1.54, 1.807) is 0 Å². The second-order valence-corrected chi connectivity index (χ2v) is 17.9. The molecule has 4 aliphatic rings. The van der Waals surface area contributed by atoms with Gasteiger partial charge in [0.25, 0.3) is 0 Å². The Morgan fingerprint density at radius 1 is 0.656 bits per heavy atom. The Hall–Kier alpha value is -4.84. The highest BCUT2D eigenvalue weighted by molar-refractivity contribution is 6.45. The van der Waals surface area contributed by atoms with Crippen LogP contribution in [0.15, 0.2) is 97.8 Å². The van der Waals surface area contributed by atoms with Gasteiger partial charge in [0.05, 0.1) is 11.4 Å². The van der Waals surface area contributed by atoms with Crippen LogP contribution in [-0.4, -0.2) is 72.1 Å². The Morgan fingerprint density at radius 3 is 1.57 bits per heavy atom. The number of nitrogens with zero attached hydrogens (tertiary/aromatic N) is 7. The van der Waals surface area contributed by atoms with Crippen LogP contribution in [0.5, 0.6) is 0 Å². The number of imidazole rings is 2. The minimum absolute atomic E-state index is 0.201. The standard InChI is InChI=1S/C25H28BClN4O.C24H25ClN4/c1-17-28-10-13-30(17)16-20-14-19-4-3-9-29-25(19)24(22-6-5-21(27)15-23(20)22)18-7-11-31(12-8-18)26(2)32;1-16-27-11-12-29(16)15-19-13-18-3-2-8-28-24(18)23(17-6-9-26-10-7-17)21-5-4-20(25)14-22(19)21/h3-6,9-10,13-15,18,24,32H,7-8,11-12,16H2,1-2H3;2-5,8,11-14,17,23,26H,6-7,9-10,15H2,1H3. The van der Waals surface area contributed by atoms with E-state index in [9.17, 15) is 5.02 Å². The normalized spacial score (nSPS) is 19.2. The van der Waals surface area contributed by atoms with Gasteiger partial charge in [0, 0.05) is 72.2 Å². The third-order valence-electron chi connectivity index (χ3n) is 13.3. The summed E-state index contributed by atoms with van der Waals surface area (Å²) in [5, 5.41) is 15.1. The summed E-state index contributed by atoms with van der Waals surface area (Å²) in [4.78, 5) is 20.8. The Bertz CT molecular complexity index is 2570. The zero-order valence-corrected chi connectivity index (χ0v) is 36.7. The highest BCUT2D eigenvalue weighted by atomic mass is 35.5. The smallest absolute Gasteiger partial charge is 0.376 e. The van der Waals surface area contributed by atoms with Crippen molar-refractivity contribution in [2.24, 2.45) is 11.8 Å². The lowest BCUT2D eigenvalue weighted by molar-refractivity contribution is 0.235. The first kappa shape index (κ1) is 41.5. The molecule has 2 fully saturated rings. The molecular formula is C49H53BCl2N8O. The lowest BCUT2D eigenvalue weighted by Crippen LogP contribution is -2.44.